The number of hydrogen-bond acceptors (Lipinski definition) is 5. The number of fused-ring (bicyclic) bond motifs is 3. The smallest absolute Gasteiger partial charge is 0.122 e. The first-order valence-corrected chi connectivity index (χ1v) is 10.5. The molecule has 2 fully saturated rings. The number of aryl methyl sites for hydroxylation is 1. The van der Waals surface area contributed by atoms with Crippen molar-refractivity contribution in [3.8, 4) is 5.75 Å². The molecule has 1 saturated heterocycles. The molecule has 6 nitrogen and oxygen atoms in total. The normalized spacial score (nSPS) is 23.7. The molecule has 1 aliphatic heterocycles. The summed E-state index contributed by atoms with van der Waals surface area (Å²) in [5, 5.41) is 21.1. The summed E-state index contributed by atoms with van der Waals surface area (Å²) in [7, 11) is 0. The maximum atomic E-state index is 9.04. The lowest BCUT2D eigenvalue weighted by Gasteiger charge is -2.28. The Morgan fingerprint density at radius 3 is 3.07 bits per heavy atom. The van der Waals surface area contributed by atoms with Gasteiger partial charge in [0.15, 0.2) is 0 Å². The molecule has 2 aliphatic rings. The monoisotopic (exact) mass is 392 g/mol. The van der Waals surface area contributed by atoms with Crippen molar-refractivity contribution in [1.29, 1.82) is 0 Å². The minimum absolute atomic E-state index is 0.0392. The van der Waals surface area contributed by atoms with Crippen LogP contribution in [0.3, 0.4) is 0 Å². The van der Waals surface area contributed by atoms with Crippen molar-refractivity contribution in [2.45, 2.75) is 38.4 Å². The van der Waals surface area contributed by atoms with Crippen molar-refractivity contribution in [3.05, 3.63) is 53.7 Å². The van der Waals surface area contributed by atoms with Gasteiger partial charge in [-0.1, -0.05) is 12.1 Å². The average molecular weight is 393 g/mol. The standard InChI is InChI=1S/C23H28N4O2/c1-15-2-3-16(10-22(15)29-9-8-28)13-27-14-17-4-7-21(27)23(17)25-19-5-6-20-18(11-19)12-24-26-20/h2-3,5-6,10-12,17,21,23,25,28H,4,7-9,13-14H2,1H3,(H,24,26)/t17-,21-,23-/m1/s1. The van der Waals surface area contributed by atoms with Crippen LogP contribution < -0.4 is 10.1 Å². The molecule has 1 aromatic heterocycles. The third-order valence-electron chi connectivity index (χ3n) is 6.45. The summed E-state index contributed by atoms with van der Waals surface area (Å²) < 4.78 is 5.69. The van der Waals surface area contributed by atoms with Crippen molar-refractivity contribution in [2.75, 3.05) is 25.1 Å². The van der Waals surface area contributed by atoms with Crippen LogP contribution in [-0.2, 0) is 6.54 Å². The number of aromatic amines is 1. The minimum Gasteiger partial charge on any atom is -0.491 e. The molecule has 3 N–H and O–H groups in total. The first-order chi connectivity index (χ1) is 14.2. The Bertz CT molecular complexity index is 1000. The Balaban J connectivity index is 1.28. The number of H-pyrrole nitrogens is 1. The van der Waals surface area contributed by atoms with Crippen molar-refractivity contribution < 1.29 is 9.84 Å². The summed E-state index contributed by atoms with van der Waals surface area (Å²) in [5.74, 6) is 1.57. The van der Waals surface area contributed by atoms with Gasteiger partial charge in [0.2, 0.25) is 0 Å². The number of likely N-dealkylation sites (tertiary alicyclic amines) is 1. The van der Waals surface area contributed by atoms with Gasteiger partial charge < -0.3 is 15.2 Å². The maximum absolute atomic E-state index is 9.04. The Morgan fingerprint density at radius 1 is 1.24 bits per heavy atom. The topological polar surface area (TPSA) is 73.4 Å². The number of nitrogens with one attached hydrogen (secondary N) is 2. The molecule has 2 bridgehead atoms. The van der Waals surface area contributed by atoms with Crippen LogP contribution in [0.4, 0.5) is 5.69 Å². The lowest BCUT2D eigenvalue weighted by atomic mass is 10.1. The second-order valence-electron chi connectivity index (χ2n) is 8.35. The molecule has 6 heteroatoms. The fourth-order valence-electron chi connectivity index (χ4n) is 5.02. The lowest BCUT2D eigenvalue weighted by Crippen LogP contribution is -2.36. The summed E-state index contributed by atoms with van der Waals surface area (Å²) in [6, 6.07) is 13.9. The van der Waals surface area contributed by atoms with Gasteiger partial charge in [-0.2, -0.15) is 5.10 Å². The third kappa shape index (κ3) is 3.58. The molecule has 0 radical (unpaired) electrons. The van der Waals surface area contributed by atoms with E-state index in [9.17, 15) is 0 Å². The second-order valence-corrected chi connectivity index (χ2v) is 8.35. The molecule has 3 atom stereocenters. The largest absolute Gasteiger partial charge is 0.491 e. The van der Waals surface area contributed by atoms with Gasteiger partial charge in [-0.05, 0) is 61.1 Å². The zero-order valence-electron chi connectivity index (χ0n) is 16.8. The third-order valence-corrected chi connectivity index (χ3v) is 6.45. The highest BCUT2D eigenvalue weighted by atomic mass is 16.5. The van der Waals surface area contributed by atoms with Crippen LogP contribution in [0, 0.1) is 12.8 Å². The van der Waals surface area contributed by atoms with E-state index in [1.807, 2.05) is 13.1 Å². The van der Waals surface area contributed by atoms with Gasteiger partial charge in [0.1, 0.15) is 12.4 Å². The number of benzene rings is 2. The number of aliphatic hydroxyl groups excluding tert-OH is 1. The molecule has 5 rings (SSSR count). The highest BCUT2D eigenvalue weighted by Crippen LogP contribution is 2.40. The Hall–Kier alpha value is -2.57. The van der Waals surface area contributed by atoms with Crippen molar-refractivity contribution in [3.63, 3.8) is 0 Å². The van der Waals surface area contributed by atoms with Crippen molar-refractivity contribution >= 4 is 16.6 Å². The predicted octanol–water partition coefficient (Wildman–Crippen LogP) is 3.32. The summed E-state index contributed by atoms with van der Waals surface area (Å²) in [4.78, 5) is 2.61. The van der Waals surface area contributed by atoms with Crippen LogP contribution in [0.25, 0.3) is 10.9 Å². The number of piperidine rings is 1. The molecule has 2 aromatic carbocycles. The summed E-state index contributed by atoms with van der Waals surface area (Å²) in [5.41, 5.74) is 4.64. The van der Waals surface area contributed by atoms with Crippen LogP contribution in [0.5, 0.6) is 5.75 Å². The van der Waals surface area contributed by atoms with E-state index in [0.717, 1.165) is 35.3 Å². The zero-order valence-corrected chi connectivity index (χ0v) is 16.8. The van der Waals surface area contributed by atoms with Gasteiger partial charge in [0, 0.05) is 36.2 Å². The van der Waals surface area contributed by atoms with Crippen LogP contribution in [0.15, 0.2) is 42.6 Å². The van der Waals surface area contributed by atoms with E-state index in [1.165, 1.54) is 24.1 Å². The number of anilines is 1. The summed E-state index contributed by atoms with van der Waals surface area (Å²) >= 11 is 0. The van der Waals surface area contributed by atoms with Gasteiger partial charge in [-0.3, -0.25) is 10.00 Å². The van der Waals surface area contributed by atoms with Gasteiger partial charge in [-0.15, -0.1) is 0 Å². The molecule has 1 saturated carbocycles. The van der Waals surface area contributed by atoms with E-state index in [2.05, 4.69) is 56.8 Å². The molecule has 152 valence electrons. The fourth-order valence-corrected chi connectivity index (χ4v) is 5.02. The Kier molecular flexibility index (Phi) is 4.89. The van der Waals surface area contributed by atoms with Crippen molar-refractivity contribution in [1.82, 2.24) is 15.1 Å². The number of ether oxygens (including phenoxy) is 1. The molecule has 29 heavy (non-hydrogen) atoms. The zero-order chi connectivity index (χ0) is 19.8. The number of aliphatic hydroxyl groups is 1. The molecular formula is C23H28N4O2. The van der Waals surface area contributed by atoms with E-state index in [0.29, 0.717) is 24.6 Å². The number of aromatic nitrogens is 2. The molecule has 1 aliphatic carbocycles. The van der Waals surface area contributed by atoms with E-state index in [1.54, 1.807) is 0 Å². The minimum atomic E-state index is 0.0392. The van der Waals surface area contributed by atoms with Gasteiger partial charge >= 0.3 is 0 Å². The van der Waals surface area contributed by atoms with Crippen LogP contribution in [0.2, 0.25) is 0 Å². The second kappa shape index (κ2) is 7.69. The first-order valence-electron chi connectivity index (χ1n) is 10.5. The van der Waals surface area contributed by atoms with E-state index in [-0.39, 0.29) is 6.61 Å². The summed E-state index contributed by atoms with van der Waals surface area (Å²) in [6.07, 6.45) is 4.42. The number of hydrogen-bond donors (Lipinski definition) is 3. The molecule has 0 spiro atoms. The Morgan fingerprint density at radius 2 is 2.17 bits per heavy atom. The van der Waals surface area contributed by atoms with Crippen LogP contribution in [-0.4, -0.2) is 52.0 Å². The molecule has 3 aromatic rings. The van der Waals surface area contributed by atoms with E-state index in [4.69, 9.17) is 9.84 Å². The molecular weight excluding hydrogens is 364 g/mol. The molecule has 0 amide bonds. The van der Waals surface area contributed by atoms with E-state index < -0.39 is 0 Å². The molecule has 2 heterocycles. The highest BCUT2D eigenvalue weighted by molar-refractivity contribution is 5.81. The quantitative estimate of drug-likeness (QED) is 0.575. The average Bonchev–Trinajstić information content (AvgIpc) is 3.43. The predicted molar refractivity (Wildman–Crippen MR) is 114 cm³/mol. The van der Waals surface area contributed by atoms with Crippen LogP contribution in [0.1, 0.15) is 24.0 Å². The lowest BCUT2D eigenvalue weighted by molar-refractivity contribution is 0.197. The number of rotatable bonds is 7. The fraction of sp³-hybridized carbons (Fsp3) is 0.435. The van der Waals surface area contributed by atoms with Crippen molar-refractivity contribution in [2.24, 2.45) is 5.92 Å². The maximum Gasteiger partial charge on any atom is 0.122 e. The molecule has 0 unspecified atom stereocenters. The highest BCUT2D eigenvalue weighted by Gasteiger charge is 2.46. The summed E-state index contributed by atoms with van der Waals surface area (Å²) in [6.45, 7) is 4.50. The van der Waals surface area contributed by atoms with Gasteiger partial charge in [-0.25, -0.2) is 0 Å². The van der Waals surface area contributed by atoms with E-state index >= 15 is 0 Å². The van der Waals surface area contributed by atoms with Gasteiger partial charge in [0.25, 0.3) is 0 Å². The van der Waals surface area contributed by atoms with Crippen LogP contribution >= 0.6 is 0 Å². The Labute approximate surface area is 170 Å². The first kappa shape index (κ1) is 18.5. The SMILES string of the molecule is Cc1ccc(CN2C[C@H]3CC[C@@H]2[C@@H]3Nc2ccc3[nH]ncc3c2)cc1OCCO. The number of nitrogens with zero attached hydrogens (tertiary/aromatic N) is 2. The van der Waals surface area contributed by atoms with Gasteiger partial charge in [0.05, 0.1) is 18.3 Å².